The molecule has 0 bridgehead atoms. The summed E-state index contributed by atoms with van der Waals surface area (Å²) in [5.41, 5.74) is 0.760. The number of hydrogen-bond acceptors (Lipinski definition) is 7. The molecule has 0 aliphatic carbocycles. The summed E-state index contributed by atoms with van der Waals surface area (Å²) < 4.78 is 50.5. The fourth-order valence-corrected chi connectivity index (χ4v) is 4.76. The summed E-state index contributed by atoms with van der Waals surface area (Å²) >= 11 is 0. The van der Waals surface area contributed by atoms with Crippen LogP contribution in [0.2, 0.25) is 0 Å². The molecule has 11 heteroatoms. The molecule has 0 radical (unpaired) electrons. The molecule has 9 nitrogen and oxygen atoms in total. The van der Waals surface area contributed by atoms with Crippen LogP contribution >= 0.6 is 0 Å². The quantitative estimate of drug-likeness (QED) is 0.555. The fraction of sp³-hybridized carbons (Fsp3) is 0.286. The molecule has 1 aromatic heterocycles. The minimum Gasteiger partial charge on any atom is -0.484 e. The first-order chi connectivity index (χ1) is 15.3. The molecule has 0 spiro atoms. The van der Waals surface area contributed by atoms with Crippen molar-refractivity contribution in [2.45, 2.75) is 11.8 Å². The van der Waals surface area contributed by atoms with Gasteiger partial charge in [0, 0.05) is 38.7 Å². The van der Waals surface area contributed by atoms with Crippen LogP contribution < -0.4 is 4.74 Å². The summed E-state index contributed by atoms with van der Waals surface area (Å²) in [4.78, 5) is 18.1. The molecule has 32 heavy (non-hydrogen) atoms. The minimum atomic E-state index is -3.81. The van der Waals surface area contributed by atoms with E-state index in [1.54, 1.807) is 36.1 Å². The van der Waals surface area contributed by atoms with Gasteiger partial charge in [0.2, 0.25) is 21.7 Å². The van der Waals surface area contributed by atoms with Crippen LogP contribution in [0.1, 0.15) is 5.89 Å². The van der Waals surface area contributed by atoms with E-state index in [1.165, 1.54) is 22.5 Å². The zero-order valence-electron chi connectivity index (χ0n) is 17.3. The molecule has 168 valence electrons. The van der Waals surface area contributed by atoms with Crippen molar-refractivity contribution in [2.75, 3.05) is 32.8 Å². The third kappa shape index (κ3) is 4.78. The third-order valence-electron chi connectivity index (χ3n) is 5.03. The van der Waals surface area contributed by atoms with Crippen LogP contribution in [-0.4, -0.2) is 66.5 Å². The number of rotatable bonds is 6. The van der Waals surface area contributed by atoms with Gasteiger partial charge in [-0.1, -0.05) is 11.2 Å². The number of carbonyl (C=O) groups is 1. The third-order valence-corrected chi connectivity index (χ3v) is 6.92. The highest BCUT2D eigenvalue weighted by Crippen LogP contribution is 2.21. The average molecular weight is 460 g/mol. The van der Waals surface area contributed by atoms with Gasteiger partial charge < -0.3 is 14.2 Å². The number of aryl methyl sites for hydroxylation is 1. The Morgan fingerprint density at radius 3 is 2.47 bits per heavy atom. The average Bonchev–Trinajstić information content (AvgIpc) is 3.24. The maximum atomic E-state index is 13.4. The highest BCUT2D eigenvalue weighted by molar-refractivity contribution is 7.89. The van der Waals surface area contributed by atoms with E-state index in [1.807, 2.05) is 0 Å². The number of halogens is 1. The number of sulfonamides is 1. The molecule has 1 aliphatic rings. The summed E-state index contributed by atoms with van der Waals surface area (Å²) in [5.74, 6) is 0.587. The van der Waals surface area contributed by atoms with Gasteiger partial charge in [-0.3, -0.25) is 4.79 Å². The summed E-state index contributed by atoms with van der Waals surface area (Å²) in [5, 5.41) is 3.84. The van der Waals surface area contributed by atoms with E-state index < -0.39 is 15.8 Å². The lowest BCUT2D eigenvalue weighted by atomic mass is 10.2. The Bertz CT molecular complexity index is 1200. The van der Waals surface area contributed by atoms with Crippen LogP contribution in [0, 0.1) is 12.7 Å². The highest BCUT2D eigenvalue weighted by Gasteiger charge is 2.30. The number of carbonyl (C=O) groups excluding carboxylic acids is 1. The maximum absolute atomic E-state index is 13.4. The van der Waals surface area contributed by atoms with E-state index in [-0.39, 0.29) is 43.6 Å². The van der Waals surface area contributed by atoms with E-state index in [4.69, 9.17) is 9.26 Å². The van der Waals surface area contributed by atoms with Gasteiger partial charge in [0.1, 0.15) is 11.6 Å². The molecular formula is C21H21FN4O5S. The summed E-state index contributed by atoms with van der Waals surface area (Å²) in [7, 11) is -3.81. The monoisotopic (exact) mass is 460 g/mol. The van der Waals surface area contributed by atoms with Crippen LogP contribution in [0.5, 0.6) is 5.75 Å². The van der Waals surface area contributed by atoms with Crippen LogP contribution in [0.25, 0.3) is 11.4 Å². The van der Waals surface area contributed by atoms with Gasteiger partial charge in [0.15, 0.2) is 6.61 Å². The van der Waals surface area contributed by atoms with Gasteiger partial charge in [-0.05, 0) is 42.5 Å². The second-order valence-corrected chi connectivity index (χ2v) is 9.13. The standard InChI is InChI=1S/C21H21FN4O5S/c1-15-23-21(24-31-15)16-5-7-18(8-6-16)30-14-20(27)25-9-11-26(12-10-25)32(28,29)19-4-2-3-17(22)13-19/h2-8,13H,9-12,14H2,1H3. The molecule has 1 saturated heterocycles. The van der Waals surface area contributed by atoms with Gasteiger partial charge >= 0.3 is 0 Å². The molecule has 0 unspecified atom stereocenters. The van der Waals surface area contributed by atoms with Gasteiger partial charge in [0.25, 0.3) is 5.91 Å². The molecule has 1 aliphatic heterocycles. The van der Waals surface area contributed by atoms with E-state index >= 15 is 0 Å². The first kappa shape index (κ1) is 21.9. The number of nitrogens with zero attached hydrogens (tertiary/aromatic N) is 4. The molecule has 0 atom stereocenters. The zero-order chi connectivity index (χ0) is 22.7. The number of ether oxygens (including phenoxy) is 1. The van der Waals surface area contributed by atoms with Crippen molar-refractivity contribution in [3.63, 3.8) is 0 Å². The van der Waals surface area contributed by atoms with Crippen LogP contribution in [0.4, 0.5) is 4.39 Å². The maximum Gasteiger partial charge on any atom is 0.260 e. The highest BCUT2D eigenvalue weighted by atomic mass is 32.2. The summed E-state index contributed by atoms with van der Waals surface area (Å²) in [6, 6.07) is 11.8. The first-order valence-corrected chi connectivity index (χ1v) is 11.3. The fourth-order valence-electron chi connectivity index (χ4n) is 3.31. The largest absolute Gasteiger partial charge is 0.484 e. The SMILES string of the molecule is Cc1nc(-c2ccc(OCC(=O)N3CCN(S(=O)(=O)c4cccc(F)c4)CC3)cc2)no1. The van der Waals surface area contributed by atoms with Crippen molar-refractivity contribution in [2.24, 2.45) is 0 Å². The molecule has 3 aromatic rings. The Hall–Kier alpha value is -3.31. The number of benzene rings is 2. The van der Waals surface area contributed by atoms with Crippen LogP contribution in [0.15, 0.2) is 57.9 Å². The van der Waals surface area contributed by atoms with E-state index in [0.29, 0.717) is 17.5 Å². The number of piperazine rings is 1. The topological polar surface area (TPSA) is 106 Å². The van der Waals surface area contributed by atoms with Crippen LogP contribution in [-0.2, 0) is 14.8 Å². The Kier molecular flexibility index (Phi) is 6.19. The number of hydrogen-bond donors (Lipinski definition) is 0. The van der Waals surface area contributed by atoms with Gasteiger partial charge in [0.05, 0.1) is 4.90 Å². The zero-order valence-corrected chi connectivity index (χ0v) is 18.1. The first-order valence-electron chi connectivity index (χ1n) is 9.90. The normalized spacial score (nSPS) is 15.0. The van der Waals surface area contributed by atoms with Crippen LogP contribution in [0.3, 0.4) is 0 Å². The number of aromatic nitrogens is 2. The molecule has 2 heterocycles. The Morgan fingerprint density at radius 2 is 1.84 bits per heavy atom. The van der Waals surface area contributed by atoms with Crippen molar-refractivity contribution >= 4 is 15.9 Å². The summed E-state index contributed by atoms with van der Waals surface area (Å²) in [6.45, 7) is 2.25. The molecule has 2 aromatic carbocycles. The van der Waals surface area contributed by atoms with Gasteiger partial charge in [-0.25, -0.2) is 12.8 Å². The predicted molar refractivity (Wildman–Crippen MR) is 112 cm³/mol. The predicted octanol–water partition coefficient (Wildman–Crippen LogP) is 2.10. The van der Waals surface area contributed by atoms with Gasteiger partial charge in [-0.2, -0.15) is 9.29 Å². The lowest BCUT2D eigenvalue weighted by molar-refractivity contribution is -0.134. The summed E-state index contributed by atoms with van der Waals surface area (Å²) in [6.07, 6.45) is 0. The van der Waals surface area contributed by atoms with Crippen molar-refractivity contribution in [1.82, 2.24) is 19.3 Å². The Morgan fingerprint density at radius 1 is 1.12 bits per heavy atom. The number of amides is 1. The van der Waals surface area contributed by atoms with E-state index in [9.17, 15) is 17.6 Å². The molecule has 0 N–H and O–H groups in total. The Labute approximate surface area is 184 Å². The van der Waals surface area contributed by atoms with E-state index in [2.05, 4.69) is 10.1 Å². The lowest BCUT2D eigenvalue weighted by Crippen LogP contribution is -2.51. The second kappa shape index (κ2) is 9.05. The van der Waals surface area contributed by atoms with Crippen molar-refractivity contribution in [3.8, 4) is 17.1 Å². The Balaban J connectivity index is 1.29. The van der Waals surface area contributed by atoms with Crippen molar-refractivity contribution < 1.29 is 26.9 Å². The molecule has 1 fully saturated rings. The molecular weight excluding hydrogens is 439 g/mol. The van der Waals surface area contributed by atoms with E-state index in [0.717, 1.165) is 11.6 Å². The molecule has 4 rings (SSSR count). The van der Waals surface area contributed by atoms with Gasteiger partial charge in [-0.15, -0.1) is 0 Å². The second-order valence-electron chi connectivity index (χ2n) is 7.19. The minimum absolute atomic E-state index is 0.0972. The molecule has 0 saturated carbocycles. The lowest BCUT2D eigenvalue weighted by Gasteiger charge is -2.34. The van der Waals surface area contributed by atoms with Crippen molar-refractivity contribution in [1.29, 1.82) is 0 Å². The van der Waals surface area contributed by atoms with Crippen molar-refractivity contribution in [3.05, 3.63) is 60.2 Å². The molecule has 1 amide bonds. The smallest absolute Gasteiger partial charge is 0.260 e.